The van der Waals surface area contributed by atoms with Crippen molar-refractivity contribution in [1.29, 1.82) is 5.26 Å². The number of rotatable bonds is 1. The maximum absolute atomic E-state index is 10.5. The van der Waals surface area contributed by atoms with Gasteiger partial charge in [0.1, 0.15) is 6.26 Å². The Morgan fingerprint density at radius 3 is 3.20 bits per heavy atom. The molecule has 1 aliphatic heterocycles. The molecule has 0 fully saturated rings. The van der Waals surface area contributed by atoms with E-state index in [9.17, 15) is 4.79 Å². The summed E-state index contributed by atoms with van der Waals surface area (Å²) in [6, 6.07) is 1.90. The van der Waals surface area contributed by atoms with Crippen molar-refractivity contribution in [3.63, 3.8) is 0 Å². The fourth-order valence-corrected chi connectivity index (χ4v) is 0.608. The Labute approximate surface area is 57.6 Å². The van der Waals surface area contributed by atoms with Crippen molar-refractivity contribution in [3.05, 3.63) is 11.8 Å². The van der Waals surface area contributed by atoms with Crippen LogP contribution in [0.25, 0.3) is 0 Å². The number of hydrogen-bond donors (Lipinski definition) is 0. The van der Waals surface area contributed by atoms with Crippen LogP contribution in [0.1, 0.15) is 12.8 Å². The van der Waals surface area contributed by atoms with Gasteiger partial charge in [-0.1, -0.05) is 0 Å². The minimum atomic E-state index is -0.451. The highest BCUT2D eigenvalue weighted by Gasteiger charge is 2.13. The van der Waals surface area contributed by atoms with Crippen molar-refractivity contribution < 1.29 is 14.6 Å². The first-order valence-corrected chi connectivity index (χ1v) is 2.74. The Kier molecular flexibility index (Phi) is 1.90. The van der Waals surface area contributed by atoms with Crippen molar-refractivity contribution in [2.75, 3.05) is 0 Å². The molecule has 10 heavy (non-hydrogen) atoms. The quantitative estimate of drug-likeness (QED) is 0.501. The first-order chi connectivity index (χ1) is 4.83. The molecule has 0 saturated carbocycles. The van der Waals surface area contributed by atoms with Gasteiger partial charge in [-0.3, -0.25) is 9.78 Å². The Morgan fingerprint density at radius 1 is 1.80 bits per heavy atom. The van der Waals surface area contributed by atoms with Gasteiger partial charge in [-0.25, -0.2) is 4.79 Å². The summed E-state index contributed by atoms with van der Waals surface area (Å²) in [7, 11) is 0. The van der Waals surface area contributed by atoms with Crippen LogP contribution in [0.15, 0.2) is 11.8 Å². The van der Waals surface area contributed by atoms with Gasteiger partial charge >= 0.3 is 5.97 Å². The Balaban J connectivity index is 2.53. The topological polar surface area (TPSA) is 59.3 Å². The van der Waals surface area contributed by atoms with E-state index < -0.39 is 5.97 Å². The molecule has 0 unspecified atom stereocenters. The van der Waals surface area contributed by atoms with Gasteiger partial charge in [0, 0.05) is 0 Å². The fraction of sp³-hybridized carbons (Fsp3) is 0.333. The molecule has 0 aliphatic carbocycles. The van der Waals surface area contributed by atoms with Crippen LogP contribution in [0.4, 0.5) is 0 Å². The van der Waals surface area contributed by atoms with Gasteiger partial charge < -0.3 is 0 Å². The third kappa shape index (κ3) is 1.49. The highest BCUT2D eigenvalue weighted by atomic mass is 17.2. The molecule has 0 atom stereocenters. The molecule has 0 aromatic carbocycles. The molecule has 0 N–H and O–H groups in total. The van der Waals surface area contributed by atoms with Crippen LogP contribution < -0.4 is 0 Å². The van der Waals surface area contributed by atoms with Gasteiger partial charge in [-0.2, -0.15) is 5.26 Å². The Bertz CT molecular complexity index is 214. The molecule has 0 radical (unpaired) electrons. The maximum atomic E-state index is 10.5. The molecule has 1 rings (SSSR count). The summed E-state index contributed by atoms with van der Waals surface area (Å²) in [6.07, 6.45) is 1.66. The number of nitrogens with zero attached hydrogens (tertiary/aromatic N) is 1. The Hall–Kier alpha value is -1.50. The number of nitriles is 1. The zero-order chi connectivity index (χ0) is 7.40. The van der Waals surface area contributed by atoms with Gasteiger partial charge in [0.2, 0.25) is 0 Å². The van der Waals surface area contributed by atoms with Crippen molar-refractivity contribution in [1.82, 2.24) is 0 Å². The van der Waals surface area contributed by atoms with Crippen LogP contribution in [-0.4, -0.2) is 5.97 Å². The Morgan fingerprint density at radius 2 is 2.60 bits per heavy atom. The predicted molar refractivity (Wildman–Crippen MR) is 30.1 cm³/mol. The van der Waals surface area contributed by atoms with E-state index in [-0.39, 0.29) is 12.8 Å². The molecule has 0 aromatic heterocycles. The molecular weight excluding hydrogens is 134 g/mol. The lowest BCUT2D eigenvalue weighted by molar-refractivity contribution is -0.243. The van der Waals surface area contributed by atoms with Crippen molar-refractivity contribution in [2.24, 2.45) is 0 Å². The second-order valence-electron chi connectivity index (χ2n) is 1.84. The smallest absolute Gasteiger partial charge is 0.295 e. The first kappa shape index (κ1) is 6.62. The summed E-state index contributed by atoms with van der Waals surface area (Å²) in [4.78, 5) is 18.9. The predicted octanol–water partition coefficient (Wildman–Crippen LogP) is 0.662. The molecular formula is C6H5NO3. The standard InChI is InChI=1S/C6H5NO3/c7-2-1-5-3-6(8)10-9-4-5/h4H,1,3H2. The van der Waals surface area contributed by atoms with Crippen LogP contribution >= 0.6 is 0 Å². The fourth-order valence-electron chi connectivity index (χ4n) is 0.608. The average Bonchev–Trinajstić information content (AvgIpc) is 1.88. The van der Waals surface area contributed by atoms with Crippen LogP contribution in [0.2, 0.25) is 0 Å². The molecule has 0 aromatic rings. The first-order valence-electron chi connectivity index (χ1n) is 2.74. The summed E-state index contributed by atoms with van der Waals surface area (Å²) in [5.74, 6) is -0.451. The monoisotopic (exact) mass is 139 g/mol. The van der Waals surface area contributed by atoms with Gasteiger partial charge in [-0.05, 0) is 5.57 Å². The van der Waals surface area contributed by atoms with Crippen molar-refractivity contribution in [2.45, 2.75) is 12.8 Å². The van der Waals surface area contributed by atoms with E-state index in [1.807, 2.05) is 6.07 Å². The molecule has 52 valence electrons. The third-order valence-corrected chi connectivity index (χ3v) is 1.03. The average molecular weight is 139 g/mol. The summed E-state index contributed by atoms with van der Waals surface area (Å²) in [5.41, 5.74) is 0.652. The number of carbonyl (C=O) groups is 1. The second kappa shape index (κ2) is 2.87. The lowest BCUT2D eigenvalue weighted by Gasteiger charge is -2.07. The summed E-state index contributed by atoms with van der Waals surface area (Å²) < 4.78 is 0. The highest BCUT2D eigenvalue weighted by molar-refractivity contribution is 5.72. The maximum Gasteiger partial charge on any atom is 0.359 e. The SMILES string of the molecule is N#CCC1=COOC(=O)C1. The van der Waals surface area contributed by atoms with E-state index in [0.29, 0.717) is 5.57 Å². The minimum Gasteiger partial charge on any atom is -0.295 e. The van der Waals surface area contributed by atoms with E-state index in [0.717, 1.165) is 0 Å². The molecule has 0 saturated heterocycles. The molecule has 0 spiro atoms. The van der Waals surface area contributed by atoms with Gasteiger partial charge in [-0.15, -0.1) is 0 Å². The van der Waals surface area contributed by atoms with Crippen LogP contribution in [0.5, 0.6) is 0 Å². The molecule has 1 aliphatic rings. The molecule has 0 bridgehead atoms. The highest BCUT2D eigenvalue weighted by Crippen LogP contribution is 2.12. The van der Waals surface area contributed by atoms with E-state index >= 15 is 0 Å². The van der Waals surface area contributed by atoms with E-state index in [2.05, 4.69) is 9.78 Å². The van der Waals surface area contributed by atoms with E-state index in [4.69, 9.17) is 5.26 Å². The normalized spacial score (nSPS) is 16.3. The zero-order valence-corrected chi connectivity index (χ0v) is 5.16. The van der Waals surface area contributed by atoms with Gasteiger partial charge in [0.05, 0.1) is 18.9 Å². The number of hydrogen-bond acceptors (Lipinski definition) is 4. The van der Waals surface area contributed by atoms with Crippen LogP contribution in [0, 0.1) is 11.3 Å². The summed E-state index contributed by atoms with van der Waals surface area (Å²) >= 11 is 0. The van der Waals surface area contributed by atoms with Gasteiger partial charge in [0.25, 0.3) is 0 Å². The summed E-state index contributed by atoms with van der Waals surface area (Å²) in [5, 5.41) is 8.21. The zero-order valence-electron chi connectivity index (χ0n) is 5.16. The third-order valence-electron chi connectivity index (χ3n) is 1.03. The molecule has 4 nitrogen and oxygen atoms in total. The largest absolute Gasteiger partial charge is 0.359 e. The number of carbonyl (C=O) groups excluding carboxylic acids is 1. The van der Waals surface area contributed by atoms with Crippen molar-refractivity contribution >= 4 is 5.97 Å². The van der Waals surface area contributed by atoms with Crippen LogP contribution in [-0.2, 0) is 14.6 Å². The lowest BCUT2D eigenvalue weighted by atomic mass is 10.1. The molecule has 4 heteroatoms. The lowest BCUT2D eigenvalue weighted by Crippen LogP contribution is -2.09. The van der Waals surface area contributed by atoms with E-state index in [1.54, 1.807) is 0 Å². The van der Waals surface area contributed by atoms with Gasteiger partial charge in [0.15, 0.2) is 0 Å². The van der Waals surface area contributed by atoms with Crippen LogP contribution in [0.3, 0.4) is 0 Å². The summed E-state index contributed by atoms with van der Waals surface area (Å²) in [6.45, 7) is 0. The molecule has 0 amide bonds. The molecule has 1 heterocycles. The minimum absolute atomic E-state index is 0.160. The van der Waals surface area contributed by atoms with Crippen molar-refractivity contribution in [3.8, 4) is 6.07 Å². The van der Waals surface area contributed by atoms with E-state index in [1.165, 1.54) is 6.26 Å². The second-order valence-corrected chi connectivity index (χ2v) is 1.84.